The average molecular weight is 328 g/mol. The van der Waals surface area contributed by atoms with E-state index in [1.807, 2.05) is 18.4 Å². The van der Waals surface area contributed by atoms with Crippen LogP contribution in [-0.4, -0.2) is 28.4 Å². The van der Waals surface area contributed by atoms with E-state index in [0.717, 1.165) is 45.6 Å². The molecule has 4 nitrogen and oxygen atoms in total. The Labute approximate surface area is 146 Å². The highest BCUT2D eigenvalue weighted by Gasteiger charge is 2.06. The Hall–Kier alpha value is -3.14. The maximum atomic E-state index is 4.48. The van der Waals surface area contributed by atoms with Crippen molar-refractivity contribution < 1.29 is 0 Å². The topological polar surface area (TPSA) is 56.3 Å². The molecule has 0 bridgehead atoms. The molecule has 2 aliphatic heterocycles. The maximum Gasteiger partial charge on any atom is 0.0680 e. The first kappa shape index (κ1) is 15.4. The zero-order valence-corrected chi connectivity index (χ0v) is 14.4. The normalized spacial score (nSPS) is 19.8. The molecular formula is C21H20N4. The number of rotatable bonds is 3. The third kappa shape index (κ3) is 3.11. The highest BCUT2D eigenvalue weighted by atomic mass is 14.8. The zero-order valence-electron chi connectivity index (χ0n) is 14.4. The van der Waals surface area contributed by atoms with Gasteiger partial charge in [-0.3, -0.25) is 9.98 Å². The fraction of sp³-hybridized carbons (Fsp3) is 0.143. The number of aromatic amines is 2. The predicted octanol–water partition coefficient (Wildman–Crippen LogP) is 2.72. The predicted molar refractivity (Wildman–Crippen MR) is 105 cm³/mol. The number of hydrogen-bond donors (Lipinski definition) is 2. The lowest BCUT2D eigenvalue weighted by atomic mass is 10.2. The van der Waals surface area contributed by atoms with E-state index in [1.54, 1.807) is 0 Å². The molecule has 0 spiro atoms. The van der Waals surface area contributed by atoms with Crippen LogP contribution in [0.3, 0.4) is 0 Å². The molecule has 124 valence electrons. The van der Waals surface area contributed by atoms with Crippen LogP contribution in [0.25, 0.3) is 17.2 Å². The van der Waals surface area contributed by atoms with Gasteiger partial charge in [-0.05, 0) is 73.6 Å². The Kier molecular flexibility index (Phi) is 3.94. The van der Waals surface area contributed by atoms with Crippen LogP contribution < -0.4 is 10.7 Å². The van der Waals surface area contributed by atoms with Crippen LogP contribution in [0.15, 0.2) is 64.3 Å². The second-order valence-electron chi connectivity index (χ2n) is 6.20. The molecule has 2 N–H and O–H groups in total. The highest BCUT2D eigenvalue weighted by molar-refractivity contribution is 6.24. The lowest BCUT2D eigenvalue weighted by Crippen LogP contribution is -2.15. The van der Waals surface area contributed by atoms with Crippen LogP contribution in [0.5, 0.6) is 0 Å². The Bertz CT molecular complexity index is 1070. The first-order valence-corrected chi connectivity index (χ1v) is 8.41. The van der Waals surface area contributed by atoms with Crippen molar-refractivity contribution >= 4 is 29.1 Å². The van der Waals surface area contributed by atoms with Crippen molar-refractivity contribution in [1.29, 1.82) is 0 Å². The van der Waals surface area contributed by atoms with Crippen molar-refractivity contribution in [2.75, 3.05) is 6.54 Å². The van der Waals surface area contributed by atoms with Crippen molar-refractivity contribution in [3.63, 3.8) is 0 Å². The molecule has 0 radical (unpaired) electrons. The van der Waals surface area contributed by atoms with E-state index in [4.69, 9.17) is 0 Å². The maximum absolute atomic E-state index is 4.48. The van der Waals surface area contributed by atoms with E-state index < -0.39 is 0 Å². The van der Waals surface area contributed by atoms with E-state index in [0.29, 0.717) is 0 Å². The fourth-order valence-electron chi connectivity index (χ4n) is 3.01. The summed E-state index contributed by atoms with van der Waals surface area (Å²) in [6.45, 7) is 4.96. The van der Waals surface area contributed by atoms with Crippen molar-refractivity contribution in [2.45, 2.75) is 13.8 Å². The molecule has 0 atom stereocenters. The van der Waals surface area contributed by atoms with E-state index in [2.05, 4.69) is 76.3 Å². The first-order valence-electron chi connectivity index (χ1n) is 8.41. The van der Waals surface area contributed by atoms with Crippen molar-refractivity contribution in [2.24, 2.45) is 9.98 Å². The molecule has 2 aromatic heterocycles. The summed E-state index contributed by atoms with van der Waals surface area (Å²) >= 11 is 0. The molecule has 0 saturated carbocycles. The summed E-state index contributed by atoms with van der Waals surface area (Å²) in [7, 11) is 0. The number of hydrogen-bond acceptors (Lipinski definition) is 2. The average Bonchev–Trinajstić information content (AvgIpc) is 3.41. The second kappa shape index (κ2) is 6.40. The molecule has 4 heterocycles. The summed E-state index contributed by atoms with van der Waals surface area (Å²) in [4.78, 5) is 15.7. The van der Waals surface area contributed by atoms with Gasteiger partial charge < -0.3 is 9.97 Å². The Balaban J connectivity index is 1.66. The van der Waals surface area contributed by atoms with Gasteiger partial charge in [0.15, 0.2) is 0 Å². The van der Waals surface area contributed by atoms with Gasteiger partial charge in [0.05, 0.1) is 18.0 Å². The number of aliphatic imine (C=N–C) groups is 2. The lowest BCUT2D eigenvalue weighted by molar-refractivity contribution is 1.24. The summed E-state index contributed by atoms with van der Waals surface area (Å²) in [5, 5.41) is 2.17. The van der Waals surface area contributed by atoms with Crippen LogP contribution in [0.4, 0.5) is 0 Å². The molecule has 0 aromatic carbocycles. The standard InChI is InChI=1S/C21H20N4/c1-14(18-5-3-11-22-18)20-9-7-16(24-20)13-17-8-10-21(25-17)15(2)19-6-4-12-23-19/h3-11,13,24-25H,12H2,1-2H3/b17-13-,18-14-,21-15?. The first-order chi connectivity index (χ1) is 12.2. The summed E-state index contributed by atoms with van der Waals surface area (Å²) in [6.07, 6.45) is 12.1. The molecule has 0 unspecified atom stereocenters. The van der Waals surface area contributed by atoms with E-state index in [1.165, 1.54) is 5.57 Å². The van der Waals surface area contributed by atoms with Crippen molar-refractivity contribution in [1.82, 2.24) is 9.97 Å². The van der Waals surface area contributed by atoms with E-state index in [9.17, 15) is 0 Å². The number of nitrogens with one attached hydrogen (secondary N) is 2. The van der Waals surface area contributed by atoms with Crippen LogP contribution in [-0.2, 0) is 0 Å². The van der Waals surface area contributed by atoms with E-state index >= 15 is 0 Å². The zero-order chi connectivity index (χ0) is 17.2. The Morgan fingerprint density at radius 3 is 2.72 bits per heavy atom. The third-order valence-corrected chi connectivity index (χ3v) is 4.50. The van der Waals surface area contributed by atoms with Gasteiger partial charge in [0.2, 0.25) is 0 Å². The van der Waals surface area contributed by atoms with Gasteiger partial charge in [-0.15, -0.1) is 0 Å². The number of allylic oxidation sites excluding steroid dienone is 4. The monoisotopic (exact) mass is 328 g/mol. The molecule has 4 rings (SSSR count). The van der Waals surface area contributed by atoms with Gasteiger partial charge in [-0.25, -0.2) is 0 Å². The van der Waals surface area contributed by atoms with Gasteiger partial charge in [-0.2, -0.15) is 0 Å². The van der Waals surface area contributed by atoms with Gasteiger partial charge in [0.1, 0.15) is 0 Å². The van der Waals surface area contributed by atoms with Gasteiger partial charge >= 0.3 is 0 Å². The van der Waals surface area contributed by atoms with Gasteiger partial charge in [-0.1, -0.05) is 6.08 Å². The minimum Gasteiger partial charge on any atom is -0.355 e. The van der Waals surface area contributed by atoms with Crippen molar-refractivity contribution in [3.8, 4) is 0 Å². The summed E-state index contributed by atoms with van der Waals surface area (Å²) in [6, 6.07) is 8.37. The molecule has 0 saturated heterocycles. The summed E-state index contributed by atoms with van der Waals surface area (Å²) < 4.78 is 0. The molecule has 0 fully saturated rings. The van der Waals surface area contributed by atoms with Crippen LogP contribution >= 0.6 is 0 Å². The number of H-pyrrole nitrogens is 2. The van der Waals surface area contributed by atoms with Crippen molar-refractivity contribution in [3.05, 3.63) is 76.4 Å². The number of nitrogens with zero attached hydrogens (tertiary/aromatic N) is 2. The summed E-state index contributed by atoms with van der Waals surface area (Å²) in [5.41, 5.74) is 6.53. The Morgan fingerprint density at radius 1 is 1.04 bits per heavy atom. The van der Waals surface area contributed by atoms with E-state index in [-0.39, 0.29) is 0 Å². The second-order valence-corrected chi connectivity index (χ2v) is 6.20. The van der Waals surface area contributed by atoms with Crippen LogP contribution in [0, 0.1) is 0 Å². The minimum absolute atomic E-state index is 0.783. The summed E-state index contributed by atoms with van der Waals surface area (Å²) in [5.74, 6) is 0. The SMILES string of the molecule is CC(C1=NCC=C1)=c1cc/c(=C/c2ccc(/C(C)=C3/C=CC=N3)[nH]2)[nH]1. The van der Waals surface area contributed by atoms with Gasteiger partial charge in [0.25, 0.3) is 0 Å². The lowest BCUT2D eigenvalue weighted by Gasteiger charge is -1.99. The molecule has 2 aromatic rings. The molecule has 4 heteroatoms. The minimum atomic E-state index is 0.783. The molecule has 0 aliphatic carbocycles. The molecule has 0 amide bonds. The smallest absolute Gasteiger partial charge is 0.0680 e. The van der Waals surface area contributed by atoms with Gasteiger partial charge in [0, 0.05) is 28.3 Å². The van der Waals surface area contributed by atoms with Crippen LogP contribution in [0.2, 0.25) is 0 Å². The largest absolute Gasteiger partial charge is 0.355 e. The highest BCUT2D eigenvalue weighted by Crippen LogP contribution is 2.21. The molecule has 2 aliphatic rings. The van der Waals surface area contributed by atoms with Crippen LogP contribution in [0.1, 0.15) is 25.2 Å². The fourth-order valence-corrected chi connectivity index (χ4v) is 3.01. The third-order valence-electron chi connectivity index (χ3n) is 4.50. The molecule has 25 heavy (non-hydrogen) atoms. The molecular weight excluding hydrogens is 308 g/mol. The quantitative estimate of drug-likeness (QED) is 0.870. The number of aromatic nitrogens is 2. The Morgan fingerprint density at radius 2 is 1.96 bits per heavy atom.